The van der Waals surface area contributed by atoms with Crippen LogP contribution < -0.4 is 16.0 Å². The van der Waals surface area contributed by atoms with Gasteiger partial charge in [0.15, 0.2) is 5.78 Å². The quantitative estimate of drug-likeness (QED) is 0.101. The highest BCUT2D eigenvalue weighted by Gasteiger charge is 2.50. The highest BCUT2D eigenvalue weighted by Crippen LogP contribution is 2.29. The first kappa shape index (κ1) is 44.6. The van der Waals surface area contributed by atoms with Crippen LogP contribution in [0.25, 0.3) is 0 Å². The minimum atomic E-state index is -0.942. The van der Waals surface area contributed by atoms with Crippen molar-refractivity contribution in [1.29, 1.82) is 0 Å². The number of ketones is 1. The second-order valence-electron chi connectivity index (χ2n) is 11.6. The van der Waals surface area contributed by atoms with Gasteiger partial charge in [0.1, 0.15) is 24.0 Å². The predicted molar refractivity (Wildman–Crippen MR) is 184 cm³/mol. The van der Waals surface area contributed by atoms with Crippen LogP contribution >= 0.6 is 0 Å². The molecule has 0 aliphatic carbocycles. The first-order valence-corrected chi connectivity index (χ1v) is 16.0. The summed E-state index contributed by atoms with van der Waals surface area (Å²) in [5, 5.41) is 11.5. The van der Waals surface area contributed by atoms with Gasteiger partial charge in [0.05, 0.1) is 19.2 Å². The summed E-state index contributed by atoms with van der Waals surface area (Å²) in [5.74, 6) is -1.38. The summed E-state index contributed by atoms with van der Waals surface area (Å²) < 4.78 is 10.2. The Hall–Kier alpha value is -3.57. The van der Waals surface area contributed by atoms with Crippen LogP contribution in [-0.4, -0.2) is 80.4 Å². The summed E-state index contributed by atoms with van der Waals surface area (Å²) in [6.07, 6.45) is 2.40. The summed E-state index contributed by atoms with van der Waals surface area (Å²) in [6, 6.07) is 8.62. The lowest BCUT2D eigenvalue weighted by Gasteiger charge is -2.22. The number of aryl methyl sites for hydroxylation is 1. The molecular weight excluding hydrogens is 588 g/mol. The Bertz CT molecular complexity index is 1050. The lowest BCUT2D eigenvalue weighted by Crippen LogP contribution is -2.53. The maximum Gasteiger partial charge on any atom is 0.269 e. The van der Waals surface area contributed by atoms with Crippen LogP contribution in [0.15, 0.2) is 48.1 Å². The molecule has 11 nitrogen and oxygen atoms in total. The van der Waals surface area contributed by atoms with Crippen molar-refractivity contribution in [2.75, 3.05) is 33.5 Å². The predicted octanol–water partition coefficient (Wildman–Crippen LogP) is 4.77. The number of hydrogen-bond donors (Lipinski definition) is 3. The zero-order chi connectivity index (χ0) is 35.7. The maximum atomic E-state index is 12.7. The van der Waals surface area contributed by atoms with Gasteiger partial charge in [0.2, 0.25) is 11.8 Å². The smallest absolute Gasteiger partial charge is 0.269 e. The number of Topliss-reactive ketones (excluding diaryl/α,β-unsaturated/α-hetero) is 1. The van der Waals surface area contributed by atoms with Gasteiger partial charge in [-0.05, 0) is 52.4 Å². The Morgan fingerprint density at radius 1 is 1.04 bits per heavy atom. The molecular formula is C35H60N4O7. The number of nitrogens with zero attached hydrogens (tertiary/aromatic N) is 1. The van der Waals surface area contributed by atoms with E-state index in [2.05, 4.69) is 46.7 Å². The zero-order valence-electron chi connectivity index (χ0n) is 30.0. The number of carbonyl (C=O) groups is 4. The lowest BCUT2D eigenvalue weighted by molar-refractivity contribution is -0.132. The Morgan fingerprint density at radius 3 is 2.04 bits per heavy atom. The van der Waals surface area contributed by atoms with E-state index in [-0.39, 0.29) is 42.9 Å². The topological polar surface area (TPSA) is 148 Å². The molecule has 3 amide bonds. The van der Waals surface area contributed by atoms with Crippen LogP contribution in [0, 0.1) is 18.8 Å². The van der Waals surface area contributed by atoms with Crippen LogP contribution in [0.2, 0.25) is 0 Å². The van der Waals surface area contributed by atoms with Crippen LogP contribution in [0.5, 0.6) is 0 Å². The number of carbonyl (C=O) groups excluding carboxylic acids is 4. The summed E-state index contributed by atoms with van der Waals surface area (Å²) in [4.78, 5) is 55.3. The van der Waals surface area contributed by atoms with Gasteiger partial charge >= 0.3 is 0 Å². The number of methoxy groups -OCH3 is 1. The number of hydrogen-bond acceptors (Lipinski definition) is 8. The van der Waals surface area contributed by atoms with Crippen molar-refractivity contribution in [3.05, 3.63) is 48.6 Å². The number of rotatable bonds is 16. The molecule has 3 atom stereocenters. The molecule has 0 spiro atoms. The molecule has 1 heterocycles. The van der Waals surface area contributed by atoms with Gasteiger partial charge in [0.25, 0.3) is 5.91 Å². The maximum absolute atomic E-state index is 12.7. The minimum absolute atomic E-state index is 0.0689. The fourth-order valence-electron chi connectivity index (χ4n) is 3.48. The lowest BCUT2D eigenvalue weighted by atomic mass is 9.93. The highest BCUT2D eigenvalue weighted by atomic mass is 16.6. The molecule has 2 rings (SSSR count). The molecule has 46 heavy (non-hydrogen) atoms. The van der Waals surface area contributed by atoms with Gasteiger partial charge in [-0.15, -0.1) is 6.58 Å². The van der Waals surface area contributed by atoms with Crippen molar-refractivity contribution in [3.63, 3.8) is 0 Å². The van der Waals surface area contributed by atoms with Crippen molar-refractivity contribution < 1.29 is 33.5 Å². The molecule has 0 saturated carbocycles. The van der Waals surface area contributed by atoms with Crippen LogP contribution in [0.3, 0.4) is 0 Å². The second-order valence-corrected chi connectivity index (χ2v) is 11.6. The first-order valence-electron chi connectivity index (χ1n) is 16.0. The van der Waals surface area contributed by atoms with E-state index in [0.717, 1.165) is 0 Å². The molecule has 1 fully saturated rings. The molecule has 3 N–H and O–H groups in total. The van der Waals surface area contributed by atoms with E-state index in [1.807, 2.05) is 66.7 Å². The second kappa shape index (κ2) is 25.6. The first-order chi connectivity index (χ1) is 21.7. The number of nitrogens with one attached hydrogen (secondary N) is 3. The molecule has 0 bridgehead atoms. The van der Waals surface area contributed by atoms with Crippen molar-refractivity contribution in [2.24, 2.45) is 17.0 Å². The van der Waals surface area contributed by atoms with Gasteiger partial charge in [-0.2, -0.15) is 0 Å². The number of benzene rings is 1. The molecule has 1 aliphatic rings. The van der Waals surface area contributed by atoms with Gasteiger partial charge in [-0.1, -0.05) is 88.7 Å². The summed E-state index contributed by atoms with van der Waals surface area (Å²) >= 11 is 0. The summed E-state index contributed by atoms with van der Waals surface area (Å²) in [5.41, 5.74) is 0.533. The number of epoxide rings is 1. The molecule has 0 unspecified atom stereocenters. The number of allylic oxidation sites excluding steroid dienone is 1. The van der Waals surface area contributed by atoms with E-state index in [1.165, 1.54) is 19.6 Å². The monoisotopic (exact) mass is 648 g/mol. The Labute approximate surface area is 277 Å². The molecule has 1 aromatic carbocycles. The molecule has 1 aromatic rings. The standard InChI is InChI=1S/C23H40N4O7.C7H8.C3H6.C2H6/c1-14(2)10-18(20(29)23(6)13-33-23)25-19(28)11-24-22(31)17(8-9-32-7)26-21(30)16(5)27-34-12-15(3)4;1-7-5-3-2-4-6-7;1-3-2;1-2/h14-15,17-18H,8-13H2,1-7H3,(H,24,31)(H,25,28)(H,26,30);2-6H,1H3;3H,1H2,2H3;1-2H3/b27-16+;;;/t17-,18-,23+;;;/m0.../s1. The third kappa shape index (κ3) is 21.2. The van der Waals surface area contributed by atoms with Gasteiger partial charge in [-0.25, -0.2) is 0 Å². The van der Waals surface area contributed by atoms with Crippen molar-refractivity contribution in [3.8, 4) is 0 Å². The SMILES string of the molecule is C=CC.CC.COCC[C@H](NC(=O)/C(C)=N/OCC(C)C)C(=O)NCC(=O)N[C@@H](CC(C)C)C(=O)[C@@]1(C)CO1.Cc1ccccc1. The Kier molecular flexibility index (Phi) is 24.8. The highest BCUT2D eigenvalue weighted by molar-refractivity contribution is 6.38. The van der Waals surface area contributed by atoms with E-state index in [1.54, 1.807) is 13.0 Å². The average molecular weight is 649 g/mol. The Morgan fingerprint density at radius 2 is 1.61 bits per heavy atom. The normalized spacial score (nSPS) is 16.1. The number of ether oxygens (including phenoxy) is 2. The fourth-order valence-corrected chi connectivity index (χ4v) is 3.48. The van der Waals surface area contributed by atoms with Crippen LogP contribution in [0.4, 0.5) is 0 Å². The van der Waals surface area contributed by atoms with E-state index in [4.69, 9.17) is 14.3 Å². The van der Waals surface area contributed by atoms with Crippen molar-refractivity contribution in [2.45, 2.75) is 99.8 Å². The molecule has 1 saturated heterocycles. The average Bonchev–Trinajstić information content (AvgIpc) is 3.77. The van der Waals surface area contributed by atoms with Crippen molar-refractivity contribution in [1.82, 2.24) is 16.0 Å². The van der Waals surface area contributed by atoms with Crippen LogP contribution in [-0.2, 0) is 33.5 Å². The third-order valence-corrected chi connectivity index (χ3v) is 5.99. The van der Waals surface area contributed by atoms with Gasteiger partial charge in [-0.3, -0.25) is 19.2 Å². The minimum Gasteiger partial charge on any atom is -0.395 e. The number of amides is 3. The van der Waals surface area contributed by atoms with E-state index in [0.29, 0.717) is 19.6 Å². The third-order valence-electron chi connectivity index (χ3n) is 5.99. The van der Waals surface area contributed by atoms with Crippen LogP contribution in [0.1, 0.15) is 80.7 Å². The fraction of sp³-hybridized carbons (Fsp3) is 0.629. The van der Waals surface area contributed by atoms with E-state index >= 15 is 0 Å². The van der Waals surface area contributed by atoms with E-state index < -0.39 is 35.4 Å². The molecule has 0 radical (unpaired) electrons. The number of oxime groups is 1. The zero-order valence-corrected chi connectivity index (χ0v) is 30.0. The molecule has 262 valence electrons. The van der Waals surface area contributed by atoms with Gasteiger partial charge < -0.3 is 30.3 Å². The van der Waals surface area contributed by atoms with E-state index in [9.17, 15) is 19.2 Å². The van der Waals surface area contributed by atoms with Gasteiger partial charge in [0, 0.05) is 13.7 Å². The molecule has 1 aliphatic heterocycles. The summed E-state index contributed by atoms with van der Waals surface area (Å²) in [6.45, 7) is 22.9. The van der Waals surface area contributed by atoms with Crippen molar-refractivity contribution >= 4 is 29.2 Å². The Balaban J connectivity index is 0. The molecule has 11 heteroatoms. The largest absolute Gasteiger partial charge is 0.395 e. The summed E-state index contributed by atoms with van der Waals surface area (Å²) in [7, 11) is 1.48. The molecule has 0 aromatic heterocycles.